The van der Waals surface area contributed by atoms with E-state index in [1.807, 2.05) is 18.4 Å². The van der Waals surface area contributed by atoms with Crippen LogP contribution in [-0.2, 0) is 6.54 Å². The summed E-state index contributed by atoms with van der Waals surface area (Å²) in [7, 11) is 0. The maximum atomic E-state index is 13.0. The normalized spacial score (nSPS) is 10.4. The summed E-state index contributed by atoms with van der Waals surface area (Å²) in [6, 6.07) is 6.79. The molecule has 0 aliphatic rings. The molecular formula is C12H11BrFNS. The Balaban J connectivity index is 2.10. The molecule has 1 N–H and O–H groups in total. The molecule has 0 spiro atoms. The predicted molar refractivity (Wildman–Crippen MR) is 70.5 cm³/mol. The Kier molecular flexibility index (Phi) is 3.61. The van der Waals surface area contributed by atoms with Gasteiger partial charge in [-0.2, -0.15) is 0 Å². The van der Waals surface area contributed by atoms with Crippen LogP contribution >= 0.6 is 27.3 Å². The maximum absolute atomic E-state index is 13.0. The zero-order valence-electron chi connectivity index (χ0n) is 8.76. The SMILES string of the molecule is Cc1ccc(F)cc1NCc1sccc1Br. The first-order valence-corrected chi connectivity index (χ1v) is 6.56. The summed E-state index contributed by atoms with van der Waals surface area (Å²) in [4.78, 5) is 1.21. The van der Waals surface area contributed by atoms with Crippen LogP contribution < -0.4 is 5.32 Å². The lowest BCUT2D eigenvalue weighted by atomic mass is 10.2. The summed E-state index contributed by atoms with van der Waals surface area (Å²) in [6.07, 6.45) is 0. The minimum Gasteiger partial charge on any atom is -0.380 e. The zero-order valence-corrected chi connectivity index (χ0v) is 11.2. The number of thiophene rings is 1. The van der Waals surface area contributed by atoms with Gasteiger partial charge in [-0.3, -0.25) is 0 Å². The van der Waals surface area contributed by atoms with E-state index in [1.165, 1.54) is 17.0 Å². The highest BCUT2D eigenvalue weighted by atomic mass is 79.9. The molecule has 0 radical (unpaired) electrons. The van der Waals surface area contributed by atoms with Crippen molar-refractivity contribution in [1.82, 2.24) is 0 Å². The fourth-order valence-corrected chi connectivity index (χ4v) is 2.84. The van der Waals surface area contributed by atoms with Gasteiger partial charge in [0.15, 0.2) is 0 Å². The molecule has 0 bridgehead atoms. The lowest BCUT2D eigenvalue weighted by Crippen LogP contribution is -2.00. The number of hydrogen-bond acceptors (Lipinski definition) is 2. The minimum absolute atomic E-state index is 0.210. The Morgan fingerprint density at radius 2 is 2.19 bits per heavy atom. The van der Waals surface area contributed by atoms with Crippen molar-refractivity contribution in [3.05, 3.63) is 50.4 Å². The van der Waals surface area contributed by atoms with E-state index in [9.17, 15) is 4.39 Å². The molecule has 0 saturated heterocycles. The largest absolute Gasteiger partial charge is 0.380 e. The standard InChI is InChI=1S/C12H11BrFNS/c1-8-2-3-9(14)6-11(8)15-7-12-10(13)4-5-16-12/h2-6,15H,7H2,1H3. The Morgan fingerprint density at radius 3 is 2.88 bits per heavy atom. The average molecular weight is 300 g/mol. The van der Waals surface area contributed by atoms with Crippen molar-refractivity contribution >= 4 is 33.0 Å². The second kappa shape index (κ2) is 4.97. The molecule has 0 aliphatic heterocycles. The van der Waals surface area contributed by atoms with Crippen LogP contribution in [0.1, 0.15) is 10.4 Å². The summed E-state index contributed by atoms with van der Waals surface area (Å²) in [5, 5.41) is 5.26. The van der Waals surface area contributed by atoms with Gasteiger partial charge in [0.1, 0.15) is 5.82 Å². The van der Waals surface area contributed by atoms with Gasteiger partial charge in [-0.05, 0) is 52.0 Å². The third-order valence-corrected chi connectivity index (χ3v) is 4.26. The molecular weight excluding hydrogens is 289 g/mol. The van der Waals surface area contributed by atoms with Crippen molar-refractivity contribution in [2.24, 2.45) is 0 Å². The third kappa shape index (κ3) is 2.62. The van der Waals surface area contributed by atoms with Crippen LogP contribution in [0.4, 0.5) is 10.1 Å². The van der Waals surface area contributed by atoms with Crippen molar-refractivity contribution in [2.75, 3.05) is 5.32 Å². The average Bonchev–Trinajstić information content (AvgIpc) is 2.66. The fourth-order valence-electron chi connectivity index (χ4n) is 1.41. The van der Waals surface area contributed by atoms with Crippen LogP contribution in [0, 0.1) is 12.7 Å². The number of benzene rings is 1. The molecule has 2 rings (SSSR count). The first-order valence-electron chi connectivity index (χ1n) is 4.88. The number of halogens is 2. The molecule has 16 heavy (non-hydrogen) atoms. The van der Waals surface area contributed by atoms with Gasteiger partial charge in [0.2, 0.25) is 0 Å². The molecule has 1 aromatic heterocycles. The summed E-state index contributed by atoms with van der Waals surface area (Å²) in [6.45, 7) is 2.67. The van der Waals surface area contributed by atoms with E-state index in [0.29, 0.717) is 6.54 Å². The summed E-state index contributed by atoms with van der Waals surface area (Å²) >= 11 is 5.14. The van der Waals surface area contributed by atoms with E-state index in [1.54, 1.807) is 17.4 Å². The molecule has 0 amide bonds. The van der Waals surface area contributed by atoms with Crippen LogP contribution in [0.5, 0.6) is 0 Å². The van der Waals surface area contributed by atoms with Gasteiger partial charge in [-0.25, -0.2) is 4.39 Å². The van der Waals surface area contributed by atoms with Crippen molar-refractivity contribution in [3.63, 3.8) is 0 Å². The van der Waals surface area contributed by atoms with Gasteiger partial charge in [-0.1, -0.05) is 6.07 Å². The fraction of sp³-hybridized carbons (Fsp3) is 0.167. The number of rotatable bonds is 3. The minimum atomic E-state index is -0.210. The van der Waals surface area contributed by atoms with Crippen LogP contribution in [0.3, 0.4) is 0 Å². The molecule has 0 aliphatic carbocycles. The molecule has 84 valence electrons. The van der Waals surface area contributed by atoms with Gasteiger partial charge < -0.3 is 5.32 Å². The summed E-state index contributed by atoms with van der Waals surface area (Å²) in [5.74, 6) is -0.210. The van der Waals surface area contributed by atoms with Gasteiger partial charge in [0, 0.05) is 15.0 Å². The molecule has 0 fully saturated rings. The van der Waals surface area contributed by atoms with E-state index in [4.69, 9.17) is 0 Å². The number of nitrogens with one attached hydrogen (secondary N) is 1. The van der Waals surface area contributed by atoms with Gasteiger partial charge in [-0.15, -0.1) is 11.3 Å². The van der Waals surface area contributed by atoms with Gasteiger partial charge >= 0.3 is 0 Å². The molecule has 0 atom stereocenters. The first kappa shape index (κ1) is 11.6. The van der Waals surface area contributed by atoms with Crippen molar-refractivity contribution < 1.29 is 4.39 Å². The van der Waals surface area contributed by atoms with E-state index in [0.717, 1.165) is 15.7 Å². The molecule has 0 saturated carbocycles. The van der Waals surface area contributed by atoms with Gasteiger partial charge in [0.05, 0.1) is 6.54 Å². The quantitative estimate of drug-likeness (QED) is 0.875. The highest BCUT2D eigenvalue weighted by Crippen LogP contribution is 2.24. The second-order valence-electron chi connectivity index (χ2n) is 3.50. The van der Waals surface area contributed by atoms with E-state index in [-0.39, 0.29) is 5.82 Å². The topological polar surface area (TPSA) is 12.0 Å². The van der Waals surface area contributed by atoms with Crippen LogP contribution in [0.2, 0.25) is 0 Å². The molecule has 2 aromatic rings. The predicted octanol–water partition coefficient (Wildman–Crippen LogP) is 4.57. The van der Waals surface area contributed by atoms with E-state index < -0.39 is 0 Å². The summed E-state index contributed by atoms with van der Waals surface area (Å²) in [5.41, 5.74) is 1.90. The maximum Gasteiger partial charge on any atom is 0.125 e. The number of aryl methyl sites for hydroxylation is 1. The lowest BCUT2D eigenvalue weighted by Gasteiger charge is -2.08. The third-order valence-electron chi connectivity index (χ3n) is 2.33. The Labute approximate surface area is 106 Å². The number of anilines is 1. The van der Waals surface area contributed by atoms with Crippen LogP contribution in [0.25, 0.3) is 0 Å². The molecule has 1 heterocycles. The van der Waals surface area contributed by atoms with Crippen molar-refractivity contribution in [2.45, 2.75) is 13.5 Å². The van der Waals surface area contributed by atoms with Crippen molar-refractivity contribution in [3.8, 4) is 0 Å². The Morgan fingerprint density at radius 1 is 1.38 bits per heavy atom. The second-order valence-corrected chi connectivity index (χ2v) is 5.36. The molecule has 4 heteroatoms. The molecule has 1 nitrogen and oxygen atoms in total. The Hall–Kier alpha value is -0.870. The number of hydrogen-bond donors (Lipinski definition) is 1. The first-order chi connectivity index (χ1) is 7.66. The zero-order chi connectivity index (χ0) is 11.5. The van der Waals surface area contributed by atoms with Gasteiger partial charge in [0.25, 0.3) is 0 Å². The van der Waals surface area contributed by atoms with Crippen molar-refractivity contribution in [1.29, 1.82) is 0 Å². The monoisotopic (exact) mass is 299 g/mol. The summed E-state index contributed by atoms with van der Waals surface area (Å²) < 4.78 is 14.1. The highest BCUT2D eigenvalue weighted by molar-refractivity contribution is 9.10. The Bertz CT molecular complexity index is 496. The van der Waals surface area contributed by atoms with Crippen LogP contribution in [0.15, 0.2) is 34.1 Å². The highest BCUT2D eigenvalue weighted by Gasteiger charge is 2.03. The van der Waals surface area contributed by atoms with E-state index >= 15 is 0 Å². The van der Waals surface area contributed by atoms with Crippen LogP contribution in [-0.4, -0.2) is 0 Å². The van der Waals surface area contributed by atoms with E-state index in [2.05, 4.69) is 21.2 Å². The molecule has 0 unspecified atom stereocenters. The smallest absolute Gasteiger partial charge is 0.125 e. The molecule has 1 aromatic carbocycles. The lowest BCUT2D eigenvalue weighted by molar-refractivity contribution is 0.628.